The van der Waals surface area contributed by atoms with E-state index in [2.05, 4.69) is 0 Å². The molecule has 0 aromatic heterocycles. The molecule has 1 aromatic carbocycles. The predicted molar refractivity (Wildman–Crippen MR) is 73.7 cm³/mol. The maximum atomic E-state index is 14.0. The van der Waals surface area contributed by atoms with Crippen LogP contribution in [-0.2, 0) is 4.79 Å². The molecule has 1 aliphatic rings. The highest BCUT2D eigenvalue weighted by Gasteiger charge is 2.34. The van der Waals surface area contributed by atoms with Gasteiger partial charge in [-0.25, -0.2) is 8.78 Å². The Bertz CT molecular complexity index is 605. The van der Waals surface area contributed by atoms with Gasteiger partial charge in [0, 0.05) is 13.1 Å². The number of methoxy groups -OCH3 is 1. The topological polar surface area (TPSA) is 66.8 Å². The van der Waals surface area contributed by atoms with Crippen LogP contribution >= 0.6 is 0 Å². The molecule has 0 saturated carbocycles. The molecule has 0 bridgehead atoms. The molecule has 1 saturated heterocycles. The summed E-state index contributed by atoms with van der Waals surface area (Å²) in [5.41, 5.74) is -0.499. The number of carboxylic acid groups (broad SMARTS) is 1. The van der Waals surface area contributed by atoms with Crippen molar-refractivity contribution in [2.45, 2.75) is 13.3 Å². The molecule has 1 fully saturated rings. The molecule has 2 unspecified atom stereocenters. The highest BCUT2D eigenvalue weighted by molar-refractivity contribution is 5.97. The summed E-state index contributed by atoms with van der Waals surface area (Å²) < 4.78 is 32.4. The fraction of sp³-hybridized carbons (Fsp3) is 0.467. The Hall–Kier alpha value is -2.18. The first-order valence-electron chi connectivity index (χ1n) is 6.89. The smallest absolute Gasteiger partial charge is 0.308 e. The number of ether oxygens (including phenoxy) is 1. The van der Waals surface area contributed by atoms with Crippen molar-refractivity contribution >= 4 is 11.9 Å². The first-order valence-corrected chi connectivity index (χ1v) is 6.89. The minimum absolute atomic E-state index is 0.0301. The van der Waals surface area contributed by atoms with Crippen LogP contribution < -0.4 is 4.74 Å². The number of carbonyl (C=O) groups is 2. The molecule has 2 rings (SSSR count). The molecule has 5 nitrogen and oxygen atoms in total. The van der Waals surface area contributed by atoms with Crippen molar-refractivity contribution in [2.24, 2.45) is 11.8 Å². The number of carbonyl (C=O) groups excluding carboxylic acids is 1. The van der Waals surface area contributed by atoms with Crippen molar-refractivity contribution < 1.29 is 28.2 Å². The molecule has 1 N–H and O–H groups in total. The third-order valence-electron chi connectivity index (χ3n) is 3.77. The molecular weight excluding hydrogens is 296 g/mol. The molecule has 0 radical (unpaired) electrons. The van der Waals surface area contributed by atoms with Crippen LogP contribution in [0.1, 0.15) is 23.7 Å². The Balaban J connectivity index is 2.35. The van der Waals surface area contributed by atoms with Gasteiger partial charge in [0.25, 0.3) is 5.91 Å². The van der Waals surface area contributed by atoms with Gasteiger partial charge in [-0.05, 0) is 24.5 Å². The van der Waals surface area contributed by atoms with E-state index in [9.17, 15) is 18.4 Å². The van der Waals surface area contributed by atoms with Crippen LogP contribution in [0.5, 0.6) is 5.75 Å². The largest absolute Gasteiger partial charge is 0.493 e. The number of rotatable bonds is 3. The number of likely N-dealkylation sites (tertiary alicyclic amines) is 1. The van der Waals surface area contributed by atoms with E-state index in [-0.39, 0.29) is 12.5 Å². The quantitative estimate of drug-likeness (QED) is 0.928. The molecule has 0 aliphatic carbocycles. The number of hydrogen-bond acceptors (Lipinski definition) is 3. The number of piperidine rings is 1. The lowest BCUT2D eigenvalue weighted by Gasteiger charge is -2.35. The molecule has 7 heteroatoms. The third-order valence-corrected chi connectivity index (χ3v) is 3.77. The van der Waals surface area contributed by atoms with Crippen LogP contribution in [0.15, 0.2) is 12.1 Å². The van der Waals surface area contributed by atoms with Crippen molar-refractivity contribution in [3.8, 4) is 5.75 Å². The molecule has 1 aromatic rings. The lowest BCUT2D eigenvalue weighted by atomic mass is 9.90. The average molecular weight is 313 g/mol. The normalized spacial score (nSPS) is 21.5. The van der Waals surface area contributed by atoms with Crippen LogP contribution in [0.4, 0.5) is 8.78 Å². The lowest BCUT2D eigenvalue weighted by molar-refractivity contribution is -0.143. The number of halogens is 2. The Morgan fingerprint density at radius 2 is 1.91 bits per heavy atom. The molecule has 22 heavy (non-hydrogen) atoms. The van der Waals surface area contributed by atoms with E-state index in [0.29, 0.717) is 13.0 Å². The van der Waals surface area contributed by atoms with Crippen molar-refractivity contribution in [2.75, 3.05) is 20.2 Å². The number of benzene rings is 1. The number of nitrogens with zero attached hydrogens (tertiary/aromatic N) is 1. The maximum Gasteiger partial charge on any atom is 0.308 e. The summed E-state index contributed by atoms with van der Waals surface area (Å²) in [5.74, 6) is -4.71. The molecule has 1 amide bonds. The molecule has 0 spiro atoms. The average Bonchev–Trinajstić information content (AvgIpc) is 2.47. The maximum absolute atomic E-state index is 14.0. The van der Waals surface area contributed by atoms with E-state index < -0.39 is 40.7 Å². The van der Waals surface area contributed by atoms with Crippen LogP contribution in [0.3, 0.4) is 0 Å². The molecule has 2 atom stereocenters. The van der Waals surface area contributed by atoms with E-state index in [1.165, 1.54) is 4.90 Å². The minimum atomic E-state index is -1.00. The Kier molecular flexibility index (Phi) is 4.63. The Labute approximate surface area is 126 Å². The Morgan fingerprint density at radius 3 is 2.50 bits per heavy atom. The zero-order valence-electron chi connectivity index (χ0n) is 12.3. The van der Waals surface area contributed by atoms with Gasteiger partial charge in [0.05, 0.1) is 13.0 Å². The first kappa shape index (κ1) is 16.2. The lowest BCUT2D eigenvalue weighted by Crippen LogP contribution is -2.45. The van der Waals surface area contributed by atoms with E-state index in [1.54, 1.807) is 0 Å². The Morgan fingerprint density at radius 1 is 1.27 bits per heavy atom. The third kappa shape index (κ3) is 3.03. The van der Waals surface area contributed by atoms with Crippen molar-refractivity contribution in [1.29, 1.82) is 0 Å². The second kappa shape index (κ2) is 6.29. The van der Waals surface area contributed by atoms with Gasteiger partial charge in [0.2, 0.25) is 0 Å². The SMILES string of the molecule is COc1c(F)ccc(F)c1C(=O)N1CC(C)CC(C(=O)O)C1. The highest BCUT2D eigenvalue weighted by Crippen LogP contribution is 2.29. The summed E-state index contributed by atoms with van der Waals surface area (Å²) in [7, 11) is 1.15. The summed E-state index contributed by atoms with van der Waals surface area (Å²) in [6, 6.07) is 1.73. The first-order chi connectivity index (χ1) is 10.3. The number of amides is 1. The van der Waals surface area contributed by atoms with Gasteiger partial charge in [0.1, 0.15) is 11.4 Å². The van der Waals surface area contributed by atoms with Gasteiger partial charge >= 0.3 is 5.97 Å². The summed E-state index contributed by atoms with van der Waals surface area (Å²) in [4.78, 5) is 24.9. The summed E-state index contributed by atoms with van der Waals surface area (Å²) in [6.45, 7) is 2.08. The minimum Gasteiger partial charge on any atom is -0.493 e. The van der Waals surface area contributed by atoms with E-state index in [1.807, 2.05) is 6.92 Å². The summed E-state index contributed by atoms with van der Waals surface area (Å²) in [5, 5.41) is 9.13. The second-order valence-electron chi connectivity index (χ2n) is 5.52. The van der Waals surface area contributed by atoms with Crippen LogP contribution in [0.2, 0.25) is 0 Å². The summed E-state index contributed by atoms with van der Waals surface area (Å²) >= 11 is 0. The zero-order valence-corrected chi connectivity index (χ0v) is 12.3. The van der Waals surface area contributed by atoms with Gasteiger partial charge < -0.3 is 14.7 Å². The van der Waals surface area contributed by atoms with Crippen LogP contribution in [-0.4, -0.2) is 42.1 Å². The fourth-order valence-electron chi connectivity index (χ4n) is 2.79. The van der Waals surface area contributed by atoms with Gasteiger partial charge in [-0.15, -0.1) is 0 Å². The zero-order chi connectivity index (χ0) is 16.4. The monoisotopic (exact) mass is 313 g/mol. The molecule has 1 heterocycles. The highest BCUT2D eigenvalue weighted by atomic mass is 19.1. The molecular formula is C15H17F2NO4. The van der Waals surface area contributed by atoms with Crippen molar-refractivity contribution in [3.63, 3.8) is 0 Å². The van der Waals surface area contributed by atoms with Gasteiger partial charge in [-0.1, -0.05) is 6.92 Å². The van der Waals surface area contributed by atoms with Gasteiger partial charge in [0.15, 0.2) is 11.6 Å². The van der Waals surface area contributed by atoms with E-state index in [4.69, 9.17) is 9.84 Å². The fourth-order valence-corrected chi connectivity index (χ4v) is 2.79. The van der Waals surface area contributed by atoms with Gasteiger partial charge in [-0.3, -0.25) is 9.59 Å². The molecule has 120 valence electrons. The number of hydrogen-bond donors (Lipinski definition) is 1. The molecule has 1 aliphatic heterocycles. The number of carboxylic acids is 1. The standard InChI is InChI=1S/C15H17F2NO4/c1-8-5-9(15(20)21)7-18(6-8)14(19)12-10(16)3-4-11(17)13(12)22-2/h3-4,8-9H,5-7H2,1-2H3,(H,20,21). The van der Waals surface area contributed by atoms with Gasteiger partial charge in [-0.2, -0.15) is 0 Å². The predicted octanol–water partition coefficient (Wildman–Crippen LogP) is 2.16. The van der Waals surface area contributed by atoms with E-state index >= 15 is 0 Å². The van der Waals surface area contributed by atoms with Crippen molar-refractivity contribution in [3.05, 3.63) is 29.3 Å². The summed E-state index contributed by atoms with van der Waals surface area (Å²) in [6.07, 6.45) is 0.446. The van der Waals surface area contributed by atoms with E-state index in [0.717, 1.165) is 19.2 Å². The van der Waals surface area contributed by atoms with Crippen LogP contribution in [0.25, 0.3) is 0 Å². The second-order valence-corrected chi connectivity index (χ2v) is 5.52. The van der Waals surface area contributed by atoms with Crippen LogP contribution in [0, 0.1) is 23.5 Å². The van der Waals surface area contributed by atoms with Crippen molar-refractivity contribution in [1.82, 2.24) is 4.90 Å². The number of aliphatic carboxylic acids is 1.